The Morgan fingerprint density at radius 1 is 0.340 bits per heavy atom. The van der Waals surface area contributed by atoms with Gasteiger partial charge in [-0.25, -0.2) is 9.97 Å². The third-order valence-electron chi connectivity index (χ3n) is 11.8. The number of fused-ring (bicyclic) bond motifs is 3. The zero-order chi connectivity index (χ0) is 34.4. The molecule has 0 saturated carbocycles. The molecule has 0 aliphatic rings. The molecule has 0 saturated heterocycles. The predicted molar refractivity (Wildman–Crippen MR) is 223 cm³/mol. The number of nitrogens with zero attached hydrogens (tertiary/aromatic N) is 3. The van der Waals surface area contributed by atoms with Crippen molar-refractivity contribution < 1.29 is 0 Å². The van der Waals surface area contributed by atoms with E-state index in [0.717, 1.165) is 55.5 Å². The van der Waals surface area contributed by atoms with Crippen LogP contribution in [0.1, 0.15) is 0 Å². The lowest BCUT2D eigenvalue weighted by Crippen LogP contribution is -2.04. The second kappa shape index (κ2) is 9.81. The van der Waals surface area contributed by atoms with Gasteiger partial charge < -0.3 is 0 Å². The molecular formula is C50H27N3. The Balaban J connectivity index is 1.25. The van der Waals surface area contributed by atoms with Crippen LogP contribution in [0.4, 0.5) is 0 Å². The van der Waals surface area contributed by atoms with Gasteiger partial charge >= 0.3 is 0 Å². The van der Waals surface area contributed by atoms with Gasteiger partial charge in [-0.15, -0.1) is 0 Å². The van der Waals surface area contributed by atoms with E-state index in [1.165, 1.54) is 70.2 Å². The van der Waals surface area contributed by atoms with Crippen molar-refractivity contribution in [1.29, 1.82) is 0 Å². The molecule has 242 valence electrons. The van der Waals surface area contributed by atoms with Crippen LogP contribution in [0, 0.1) is 0 Å². The first kappa shape index (κ1) is 27.6. The lowest BCUT2D eigenvalue weighted by atomic mass is 9.92. The molecule has 11 aromatic carbocycles. The summed E-state index contributed by atoms with van der Waals surface area (Å²) >= 11 is 0. The Hall–Kier alpha value is -7.10. The fourth-order valence-corrected chi connectivity index (χ4v) is 9.50. The molecule has 0 aliphatic heterocycles. The topological polar surface area (TPSA) is 30.7 Å². The van der Waals surface area contributed by atoms with Crippen molar-refractivity contribution in [3.05, 3.63) is 164 Å². The van der Waals surface area contributed by atoms with E-state index in [4.69, 9.17) is 9.97 Å². The molecule has 0 aliphatic carbocycles. The van der Waals surface area contributed by atoms with E-state index < -0.39 is 0 Å². The molecular weight excluding hydrogens is 643 g/mol. The lowest BCUT2D eigenvalue weighted by Gasteiger charge is -2.16. The molecule has 0 bridgehead atoms. The zero-order valence-electron chi connectivity index (χ0n) is 28.4. The summed E-state index contributed by atoms with van der Waals surface area (Å²) in [5.74, 6) is 0.836. The van der Waals surface area contributed by atoms with E-state index >= 15 is 0 Å². The van der Waals surface area contributed by atoms with E-state index in [1.807, 2.05) is 0 Å². The van der Waals surface area contributed by atoms with Crippen molar-refractivity contribution in [2.24, 2.45) is 0 Å². The molecule has 0 spiro atoms. The Labute approximate surface area is 303 Å². The molecule has 0 atom stereocenters. The minimum Gasteiger partial charge on any atom is -0.292 e. The van der Waals surface area contributed by atoms with Crippen LogP contribution < -0.4 is 0 Å². The fourth-order valence-electron chi connectivity index (χ4n) is 9.50. The van der Waals surface area contributed by atoms with Gasteiger partial charge in [0.05, 0.1) is 22.1 Å². The predicted octanol–water partition coefficient (Wildman–Crippen LogP) is 13.3. The number of hydrogen-bond acceptors (Lipinski definition) is 2. The van der Waals surface area contributed by atoms with Crippen molar-refractivity contribution in [3.8, 4) is 28.2 Å². The summed E-state index contributed by atoms with van der Waals surface area (Å²) < 4.78 is 2.40. The third kappa shape index (κ3) is 3.53. The van der Waals surface area contributed by atoms with Gasteiger partial charge in [0.25, 0.3) is 0 Å². The molecule has 0 radical (unpaired) electrons. The molecule has 2 aromatic heterocycles. The third-order valence-corrected chi connectivity index (χ3v) is 11.8. The maximum Gasteiger partial charge on any atom is 0.165 e. The Bertz CT molecular complexity index is 3470. The summed E-state index contributed by atoms with van der Waals surface area (Å²) in [6, 6.07) is 59.7. The summed E-state index contributed by atoms with van der Waals surface area (Å²) in [7, 11) is 0. The van der Waals surface area contributed by atoms with Crippen molar-refractivity contribution in [3.63, 3.8) is 0 Å². The smallest absolute Gasteiger partial charge is 0.165 e. The van der Waals surface area contributed by atoms with Crippen molar-refractivity contribution >= 4 is 97.5 Å². The average Bonchev–Trinajstić information content (AvgIpc) is 3.49. The molecule has 3 nitrogen and oxygen atoms in total. The van der Waals surface area contributed by atoms with E-state index in [-0.39, 0.29) is 0 Å². The normalized spacial score (nSPS) is 12.5. The van der Waals surface area contributed by atoms with Gasteiger partial charge in [-0.05, 0) is 83.9 Å². The van der Waals surface area contributed by atoms with Crippen molar-refractivity contribution in [1.82, 2.24) is 14.5 Å². The van der Waals surface area contributed by atoms with Gasteiger partial charge in [-0.3, -0.25) is 4.57 Å². The van der Waals surface area contributed by atoms with Gasteiger partial charge in [0.1, 0.15) is 5.69 Å². The van der Waals surface area contributed by atoms with Crippen LogP contribution in [0.2, 0.25) is 0 Å². The summed E-state index contributed by atoms with van der Waals surface area (Å²) in [6.45, 7) is 0. The molecule has 2 heterocycles. The van der Waals surface area contributed by atoms with Gasteiger partial charge in [0.2, 0.25) is 0 Å². The number of rotatable bonds is 3. The summed E-state index contributed by atoms with van der Waals surface area (Å²) in [6.07, 6.45) is 0. The van der Waals surface area contributed by atoms with E-state index in [2.05, 4.69) is 168 Å². The highest BCUT2D eigenvalue weighted by atomic mass is 15.1. The van der Waals surface area contributed by atoms with Gasteiger partial charge in [-0.2, -0.15) is 0 Å². The first-order valence-corrected chi connectivity index (χ1v) is 18.2. The van der Waals surface area contributed by atoms with Crippen LogP contribution in [-0.4, -0.2) is 14.5 Å². The molecule has 0 N–H and O–H groups in total. The van der Waals surface area contributed by atoms with Crippen LogP contribution >= 0.6 is 0 Å². The molecule has 0 unspecified atom stereocenters. The minimum absolute atomic E-state index is 0.836. The lowest BCUT2D eigenvalue weighted by molar-refractivity contribution is 1.08. The van der Waals surface area contributed by atoms with Crippen LogP contribution in [0.5, 0.6) is 0 Å². The number of aromatic nitrogens is 3. The van der Waals surface area contributed by atoms with E-state index in [0.29, 0.717) is 0 Å². The summed E-state index contributed by atoms with van der Waals surface area (Å²) in [5, 5.41) is 17.8. The van der Waals surface area contributed by atoms with Crippen molar-refractivity contribution in [2.45, 2.75) is 0 Å². The van der Waals surface area contributed by atoms with Crippen LogP contribution in [-0.2, 0) is 0 Å². The highest BCUT2D eigenvalue weighted by Gasteiger charge is 2.26. The largest absolute Gasteiger partial charge is 0.292 e. The van der Waals surface area contributed by atoms with Crippen LogP contribution in [0.25, 0.3) is 126 Å². The standard InChI is InChI=1S/C50H27N3/c1-2-7-28(8-3-1)35-10-6-11-36(27-35)48-50(51-38-24-21-29-9-4-5-12-37(29)49(38)52-48)53-39-25-22-33-19-17-31-15-13-30-14-16-32-18-20-34-23-26-40(53)47-45(34)43(32)41(30)42(31)44(33)46(39)47/h1-27H. The second-order valence-corrected chi connectivity index (χ2v) is 14.5. The summed E-state index contributed by atoms with van der Waals surface area (Å²) in [5.41, 5.74) is 8.30. The Morgan fingerprint density at radius 3 is 1.45 bits per heavy atom. The van der Waals surface area contributed by atoms with Gasteiger partial charge in [0.15, 0.2) is 5.82 Å². The van der Waals surface area contributed by atoms with Crippen LogP contribution in [0.3, 0.4) is 0 Å². The fraction of sp³-hybridized carbons (Fsp3) is 0. The molecule has 13 rings (SSSR count). The van der Waals surface area contributed by atoms with E-state index in [1.54, 1.807) is 0 Å². The Morgan fingerprint density at radius 2 is 0.830 bits per heavy atom. The van der Waals surface area contributed by atoms with Crippen LogP contribution in [0.15, 0.2) is 164 Å². The molecule has 53 heavy (non-hydrogen) atoms. The van der Waals surface area contributed by atoms with Gasteiger partial charge in [0, 0.05) is 32.5 Å². The van der Waals surface area contributed by atoms with Crippen molar-refractivity contribution in [2.75, 3.05) is 0 Å². The maximum absolute atomic E-state index is 5.61. The number of benzene rings is 10. The number of hydrogen-bond donors (Lipinski definition) is 0. The SMILES string of the molecule is c1ccc(-c2cccc(-c3nc4c(ccc5ccccc54)nc3-n3c4ccc5ccc6ccc7ccc8ccc9ccc3c3c9c8c7c6c5c34)c2)cc1. The monoisotopic (exact) mass is 669 g/mol. The maximum atomic E-state index is 5.61. The second-order valence-electron chi connectivity index (χ2n) is 14.5. The quantitative estimate of drug-likeness (QED) is 0.175. The molecule has 3 heteroatoms. The molecule has 0 fully saturated rings. The average molecular weight is 670 g/mol. The minimum atomic E-state index is 0.836. The first-order valence-electron chi connectivity index (χ1n) is 18.2. The van der Waals surface area contributed by atoms with Gasteiger partial charge in [-0.1, -0.05) is 140 Å². The summed E-state index contributed by atoms with van der Waals surface area (Å²) in [4.78, 5) is 11.2. The molecule has 13 aromatic rings. The molecule has 0 amide bonds. The highest BCUT2D eigenvalue weighted by Crippen LogP contribution is 2.50. The Kier molecular flexibility index (Phi) is 5.11. The van der Waals surface area contributed by atoms with E-state index in [9.17, 15) is 0 Å². The highest BCUT2D eigenvalue weighted by molar-refractivity contribution is 6.45. The zero-order valence-corrected chi connectivity index (χ0v) is 28.4. The first-order chi connectivity index (χ1) is 26.3.